The highest BCUT2D eigenvalue weighted by atomic mass is 16.3. The van der Waals surface area contributed by atoms with Gasteiger partial charge in [0.05, 0.1) is 6.26 Å². The number of rotatable bonds is 2. The SMILES string of the molecule is Nc1cccc(C2=C[N+]3(N)N=C(c4ccco4)N=C3C=N2)c1. The molecule has 0 radical (unpaired) electrons. The zero-order valence-electron chi connectivity index (χ0n) is 11.5. The third-order valence-corrected chi connectivity index (χ3v) is 3.41. The maximum atomic E-state index is 6.31. The number of nitrogens with two attached hydrogens (primary N) is 2. The van der Waals surface area contributed by atoms with Gasteiger partial charge in [-0.1, -0.05) is 12.1 Å². The van der Waals surface area contributed by atoms with Crippen LogP contribution in [0.3, 0.4) is 0 Å². The molecule has 2 aliphatic heterocycles. The Balaban J connectivity index is 1.77. The molecular weight excluding hydrogens is 280 g/mol. The van der Waals surface area contributed by atoms with Gasteiger partial charge in [0.25, 0.3) is 11.7 Å². The predicted octanol–water partition coefficient (Wildman–Crippen LogP) is 1.71. The number of anilines is 1. The zero-order valence-corrected chi connectivity index (χ0v) is 11.5. The predicted molar refractivity (Wildman–Crippen MR) is 84.5 cm³/mol. The highest BCUT2D eigenvalue weighted by molar-refractivity contribution is 6.32. The number of hydrogen-bond donors (Lipinski definition) is 2. The first-order valence-electron chi connectivity index (χ1n) is 6.68. The molecule has 1 aromatic heterocycles. The summed E-state index contributed by atoms with van der Waals surface area (Å²) in [6.07, 6.45) is 4.90. The second kappa shape index (κ2) is 4.48. The van der Waals surface area contributed by atoms with Gasteiger partial charge in [0.15, 0.2) is 12.0 Å². The first-order valence-corrected chi connectivity index (χ1v) is 6.68. The summed E-state index contributed by atoms with van der Waals surface area (Å²) in [4.78, 5) is 8.77. The maximum Gasteiger partial charge on any atom is 0.300 e. The van der Waals surface area contributed by atoms with E-state index in [-0.39, 0.29) is 4.70 Å². The molecule has 1 atom stereocenters. The zero-order chi connectivity index (χ0) is 15.2. The number of quaternary nitrogens is 1. The molecule has 1 aromatic carbocycles. The fourth-order valence-electron chi connectivity index (χ4n) is 2.34. The van der Waals surface area contributed by atoms with Gasteiger partial charge >= 0.3 is 0 Å². The lowest BCUT2D eigenvalue weighted by Gasteiger charge is -2.19. The minimum absolute atomic E-state index is 0.288. The normalized spacial score (nSPS) is 22.9. The van der Waals surface area contributed by atoms with Crippen LogP contribution in [-0.4, -0.2) is 22.6 Å². The van der Waals surface area contributed by atoms with Crippen molar-refractivity contribution in [2.45, 2.75) is 0 Å². The molecule has 0 saturated carbocycles. The highest BCUT2D eigenvalue weighted by Gasteiger charge is 2.40. The van der Waals surface area contributed by atoms with Crippen molar-refractivity contribution < 1.29 is 9.12 Å². The van der Waals surface area contributed by atoms with Gasteiger partial charge in [-0.25, -0.2) is 4.99 Å². The standard InChI is InChI=1S/C15H13N6O/c16-11-4-1-3-10(7-11)12-9-21(17)14(8-18-12)19-15(20-21)13-5-2-6-22-13/h1-9H,16-17H2/q+1. The van der Waals surface area contributed by atoms with Crippen LogP contribution in [0.2, 0.25) is 0 Å². The number of amidine groups is 2. The van der Waals surface area contributed by atoms with E-state index in [4.69, 9.17) is 16.0 Å². The molecule has 7 heteroatoms. The molecule has 0 spiro atoms. The van der Waals surface area contributed by atoms with Gasteiger partial charge in [0.1, 0.15) is 11.9 Å². The van der Waals surface area contributed by atoms with Gasteiger partial charge in [-0.3, -0.25) is 0 Å². The Morgan fingerprint density at radius 2 is 2.05 bits per heavy atom. The van der Waals surface area contributed by atoms with E-state index in [1.807, 2.05) is 24.3 Å². The van der Waals surface area contributed by atoms with Crippen LogP contribution < -0.4 is 11.6 Å². The highest BCUT2D eigenvalue weighted by Crippen LogP contribution is 2.27. The average Bonchev–Trinajstić information content (AvgIpc) is 3.12. The van der Waals surface area contributed by atoms with Crippen molar-refractivity contribution in [3.05, 3.63) is 60.2 Å². The second-order valence-electron chi connectivity index (χ2n) is 5.01. The Hall–Kier alpha value is -3.03. The Morgan fingerprint density at radius 3 is 2.82 bits per heavy atom. The van der Waals surface area contributed by atoms with Gasteiger partial charge in [-0.2, -0.15) is 4.99 Å². The molecular formula is C15H13N6O+. The van der Waals surface area contributed by atoms with Gasteiger partial charge < -0.3 is 10.2 Å². The molecule has 4 N–H and O–H groups in total. The first-order chi connectivity index (χ1) is 10.6. The van der Waals surface area contributed by atoms with E-state index in [9.17, 15) is 0 Å². The van der Waals surface area contributed by atoms with Crippen LogP contribution in [0.4, 0.5) is 5.69 Å². The molecule has 0 fully saturated rings. The van der Waals surface area contributed by atoms with Gasteiger partial charge in [0, 0.05) is 11.3 Å². The molecule has 0 amide bonds. The second-order valence-corrected chi connectivity index (χ2v) is 5.01. The third kappa shape index (κ3) is 1.96. The smallest absolute Gasteiger partial charge is 0.300 e. The quantitative estimate of drug-likeness (QED) is 0.500. The van der Waals surface area contributed by atoms with E-state index < -0.39 is 0 Å². The molecule has 1 unspecified atom stereocenters. The number of furan rings is 1. The van der Waals surface area contributed by atoms with Crippen LogP contribution >= 0.6 is 0 Å². The van der Waals surface area contributed by atoms with E-state index in [1.165, 1.54) is 0 Å². The number of benzene rings is 1. The molecule has 2 aromatic rings. The summed E-state index contributed by atoms with van der Waals surface area (Å²) in [7, 11) is 0. The number of nitrogens with zero attached hydrogens (tertiary/aromatic N) is 4. The third-order valence-electron chi connectivity index (χ3n) is 3.41. The summed E-state index contributed by atoms with van der Waals surface area (Å²) >= 11 is 0. The van der Waals surface area contributed by atoms with Crippen molar-refractivity contribution >= 4 is 29.3 Å². The van der Waals surface area contributed by atoms with E-state index >= 15 is 0 Å². The van der Waals surface area contributed by atoms with Gasteiger partial charge in [-0.05, 0) is 34.1 Å². The van der Waals surface area contributed by atoms with Crippen LogP contribution in [0, 0.1) is 0 Å². The Bertz CT molecular complexity index is 862. The Morgan fingerprint density at radius 1 is 1.14 bits per heavy atom. The monoisotopic (exact) mass is 293 g/mol. The average molecular weight is 293 g/mol. The first kappa shape index (κ1) is 12.7. The molecule has 22 heavy (non-hydrogen) atoms. The molecule has 2 aliphatic rings. The molecule has 7 nitrogen and oxygen atoms in total. The van der Waals surface area contributed by atoms with Crippen LogP contribution in [0.25, 0.3) is 5.70 Å². The number of hydrogen-bond acceptors (Lipinski definition) is 6. The van der Waals surface area contributed by atoms with E-state index in [0.29, 0.717) is 28.8 Å². The molecule has 4 rings (SSSR count). The molecule has 0 saturated heterocycles. The molecule has 108 valence electrons. The Labute approximate surface area is 126 Å². The van der Waals surface area contributed by atoms with Crippen LogP contribution in [0.5, 0.6) is 0 Å². The molecule has 3 heterocycles. The summed E-state index contributed by atoms with van der Waals surface area (Å²) in [6, 6.07) is 11.0. The van der Waals surface area contributed by atoms with Crippen LogP contribution in [-0.2, 0) is 0 Å². The molecule has 0 bridgehead atoms. The van der Waals surface area contributed by atoms with Crippen molar-refractivity contribution in [1.82, 2.24) is 0 Å². The van der Waals surface area contributed by atoms with Crippen molar-refractivity contribution in [3.63, 3.8) is 0 Å². The minimum Gasteiger partial charge on any atom is -0.461 e. The number of aliphatic imine (C=N–C) groups is 2. The van der Waals surface area contributed by atoms with Crippen LogP contribution in [0.15, 0.2) is 68.4 Å². The number of nitrogen functional groups attached to an aromatic ring is 1. The summed E-state index contributed by atoms with van der Waals surface area (Å²) in [5, 5.41) is 4.42. The minimum atomic E-state index is -0.288. The Kier molecular flexibility index (Phi) is 2.59. The summed E-state index contributed by atoms with van der Waals surface area (Å²) in [5.41, 5.74) is 8.04. The van der Waals surface area contributed by atoms with Crippen molar-refractivity contribution in [1.29, 1.82) is 0 Å². The van der Waals surface area contributed by atoms with Crippen molar-refractivity contribution in [2.75, 3.05) is 5.73 Å². The van der Waals surface area contributed by atoms with Crippen molar-refractivity contribution in [3.8, 4) is 0 Å². The van der Waals surface area contributed by atoms with E-state index in [0.717, 1.165) is 5.56 Å². The lowest BCUT2D eigenvalue weighted by Crippen LogP contribution is -2.50. The lowest BCUT2D eigenvalue weighted by atomic mass is 10.1. The largest absolute Gasteiger partial charge is 0.461 e. The fraction of sp³-hybridized carbons (Fsp3) is 0. The number of fused-ring (bicyclic) bond motifs is 1. The summed E-state index contributed by atoms with van der Waals surface area (Å²) in [5.74, 6) is 7.84. The topological polar surface area (TPSA) is 102 Å². The summed E-state index contributed by atoms with van der Waals surface area (Å²) < 4.78 is 5.02. The van der Waals surface area contributed by atoms with Gasteiger partial charge in [0.2, 0.25) is 0 Å². The summed E-state index contributed by atoms with van der Waals surface area (Å²) in [6.45, 7) is 0. The molecule has 0 aliphatic carbocycles. The van der Waals surface area contributed by atoms with E-state index in [1.54, 1.807) is 30.8 Å². The van der Waals surface area contributed by atoms with Crippen LogP contribution in [0.1, 0.15) is 11.3 Å². The fourth-order valence-corrected chi connectivity index (χ4v) is 2.34. The van der Waals surface area contributed by atoms with E-state index in [2.05, 4.69) is 15.1 Å². The lowest BCUT2D eigenvalue weighted by molar-refractivity contribution is -0.802. The maximum absolute atomic E-state index is 6.31. The van der Waals surface area contributed by atoms with Crippen molar-refractivity contribution in [2.24, 2.45) is 20.9 Å². The van der Waals surface area contributed by atoms with Gasteiger partial charge in [-0.15, -0.1) is 5.84 Å².